The van der Waals surface area contributed by atoms with Gasteiger partial charge in [-0.25, -0.2) is 0 Å². The molecular weight excluding hydrogens is 376 g/mol. The number of halogens is 2. The number of benzene rings is 1. The van der Waals surface area contributed by atoms with Crippen molar-refractivity contribution in [3.8, 4) is 17.2 Å². The van der Waals surface area contributed by atoms with Gasteiger partial charge in [-0.2, -0.15) is 8.78 Å². The molecule has 6 nitrogen and oxygen atoms in total. The Morgan fingerprint density at radius 1 is 1.30 bits per heavy atom. The van der Waals surface area contributed by atoms with Gasteiger partial charge >= 0.3 is 6.61 Å². The first-order valence-electron chi connectivity index (χ1n) is 8.82. The second kappa shape index (κ2) is 9.16. The first-order valence-corrected chi connectivity index (χ1v) is 9.81. The van der Waals surface area contributed by atoms with E-state index >= 15 is 0 Å². The van der Waals surface area contributed by atoms with Crippen molar-refractivity contribution in [1.82, 2.24) is 15.5 Å². The van der Waals surface area contributed by atoms with Crippen molar-refractivity contribution in [3.63, 3.8) is 0 Å². The van der Waals surface area contributed by atoms with Crippen LogP contribution >= 0.6 is 11.8 Å². The molecule has 1 aromatic carbocycles. The number of ether oxygens (including phenoxy) is 1. The van der Waals surface area contributed by atoms with Crippen LogP contribution in [0.15, 0.2) is 33.9 Å². The zero-order valence-electron chi connectivity index (χ0n) is 14.9. The van der Waals surface area contributed by atoms with Gasteiger partial charge in [-0.05, 0) is 43.0 Å². The van der Waals surface area contributed by atoms with Gasteiger partial charge in [-0.3, -0.25) is 4.79 Å². The number of alkyl halides is 2. The number of nitrogens with one attached hydrogen (secondary N) is 1. The topological polar surface area (TPSA) is 77.2 Å². The second-order valence-corrected chi connectivity index (χ2v) is 7.43. The SMILES string of the molecule is C[C@H]1CCCC[C@H]1NC(=O)CSc1nnc(-c2ccc(OC(F)F)cc2)o1. The second-order valence-electron chi connectivity index (χ2n) is 6.50. The van der Waals surface area contributed by atoms with Crippen molar-refractivity contribution in [2.75, 3.05) is 5.75 Å². The molecule has 2 aromatic rings. The number of hydrogen-bond donors (Lipinski definition) is 1. The van der Waals surface area contributed by atoms with Crippen molar-refractivity contribution in [3.05, 3.63) is 24.3 Å². The summed E-state index contributed by atoms with van der Waals surface area (Å²) in [4.78, 5) is 12.1. The number of aromatic nitrogens is 2. The van der Waals surface area contributed by atoms with Gasteiger partial charge in [-0.15, -0.1) is 10.2 Å². The highest BCUT2D eigenvalue weighted by Crippen LogP contribution is 2.26. The van der Waals surface area contributed by atoms with E-state index in [4.69, 9.17) is 4.42 Å². The molecule has 0 spiro atoms. The summed E-state index contributed by atoms with van der Waals surface area (Å²) in [6.45, 7) is -0.705. The maximum Gasteiger partial charge on any atom is 0.387 e. The van der Waals surface area contributed by atoms with Gasteiger partial charge in [0, 0.05) is 11.6 Å². The quantitative estimate of drug-likeness (QED) is 0.708. The van der Waals surface area contributed by atoms with Crippen LogP contribution in [0.25, 0.3) is 11.5 Å². The molecule has 1 N–H and O–H groups in total. The third-order valence-electron chi connectivity index (χ3n) is 4.52. The highest BCUT2D eigenvalue weighted by atomic mass is 32.2. The molecule has 0 bridgehead atoms. The molecule has 0 radical (unpaired) electrons. The number of amides is 1. The lowest BCUT2D eigenvalue weighted by Gasteiger charge is -2.29. The van der Waals surface area contributed by atoms with Crippen LogP contribution in [0.4, 0.5) is 8.78 Å². The van der Waals surface area contributed by atoms with E-state index in [1.807, 2.05) is 0 Å². The highest BCUT2D eigenvalue weighted by molar-refractivity contribution is 7.99. The fourth-order valence-corrected chi connectivity index (χ4v) is 3.64. The summed E-state index contributed by atoms with van der Waals surface area (Å²) in [5.74, 6) is 0.956. The zero-order valence-corrected chi connectivity index (χ0v) is 15.7. The summed E-state index contributed by atoms with van der Waals surface area (Å²) in [6.07, 6.45) is 4.54. The third-order valence-corrected chi connectivity index (χ3v) is 5.34. The van der Waals surface area contributed by atoms with Crippen molar-refractivity contribution in [2.24, 2.45) is 5.92 Å². The van der Waals surface area contributed by atoms with Crippen LogP contribution in [0.2, 0.25) is 0 Å². The van der Waals surface area contributed by atoms with Gasteiger partial charge in [-0.1, -0.05) is 31.5 Å². The molecule has 9 heteroatoms. The molecule has 3 rings (SSSR count). The van der Waals surface area contributed by atoms with Crippen LogP contribution in [0.1, 0.15) is 32.6 Å². The first kappa shape index (κ1) is 19.6. The van der Waals surface area contributed by atoms with Gasteiger partial charge in [0.25, 0.3) is 5.22 Å². The number of hydrogen-bond acceptors (Lipinski definition) is 6. The van der Waals surface area contributed by atoms with E-state index in [9.17, 15) is 13.6 Å². The fourth-order valence-electron chi connectivity index (χ4n) is 3.07. The van der Waals surface area contributed by atoms with Gasteiger partial charge < -0.3 is 14.5 Å². The average Bonchev–Trinajstić information content (AvgIpc) is 3.11. The molecule has 2 atom stereocenters. The average molecular weight is 397 g/mol. The molecule has 1 aliphatic rings. The van der Waals surface area contributed by atoms with Gasteiger partial charge in [0.2, 0.25) is 11.8 Å². The lowest BCUT2D eigenvalue weighted by atomic mass is 9.86. The third kappa shape index (κ3) is 5.66. The number of nitrogens with zero attached hydrogens (tertiary/aromatic N) is 2. The van der Waals surface area contributed by atoms with E-state index in [0.29, 0.717) is 11.5 Å². The Labute approximate surface area is 160 Å². The van der Waals surface area contributed by atoms with Crippen molar-refractivity contribution < 1.29 is 22.7 Å². The molecule has 1 aromatic heterocycles. The fraction of sp³-hybridized carbons (Fsp3) is 0.500. The molecule has 146 valence electrons. The largest absolute Gasteiger partial charge is 0.435 e. The van der Waals surface area contributed by atoms with Crippen molar-refractivity contribution in [2.45, 2.75) is 50.5 Å². The predicted octanol–water partition coefficient (Wildman–Crippen LogP) is 4.13. The summed E-state index contributed by atoms with van der Waals surface area (Å²) < 4.78 is 34.2. The van der Waals surface area contributed by atoms with E-state index in [0.717, 1.165) is 19.3 Å². The minimum atomic E-state index is -2.87. The van der Waals surface area contributed by atoms with Crippen molar-refractivity contribution in [1.29, 1.82) is 0 Å². The Morgan fingerprint density at radius 3 is 2.74 bits per heavy atom. The summed E-state index contributed by atoms with van der Waals surface area (Å²) in [5, 5.41) is 11.2. The molecule has 1 aliphatic carbocycles. The number of rotatable bonds is 7. The van der Waals surface area contributed by atoms with E-state index in [2.05, 4.69) is 27.2 Å². The smallest absolute Gasteiger partial charge is 0.387 e. The number of carbonyl (C=O) groups excluding carboxylic acids is 1. The minimum Gasteiger partial charge on any atom is -0.435 e. The molecule has 0 saturated heterocycles. The van der Waals surface area contributed by atoms with E-state index in [-0.39, 0.29) is 34.6 Å². The Bertz CT molecular complexity index is 755. The molecule has 27 heavy (non-hydrogen) atoms. The van der Waals surface area contributed by atoms with Crippen molar-refractivity contribution >= 4 is 17.7 Å². The van der Waals surface area contributed by atoms with Crippen LogP contribution in [-0.2, 0) is 4.79 Å². The van der Waals surface area contributed by atoms with Crippen LogP contribution < -0.4 is 10.1 Å². The van der Waals surface area contributed by atoms with E-state index in [1.54, 1.807) is 12.1 Å². The summed E-state index contributed by atoms with van der Waals surface area (Å²) in [5.41, 5.74) is 0.580. The minimum absolute atomic E-state index is 0.0491. The molecular formula is C18H21F2N3O3S. The highest BCUT2D eigenvalue weighted by Gasteiger charge is 2.23. The number of thioether (sulfide) groups is 1. The van der Waals surface area contributed by atoms with Gasteiger partial charge in [0.1, 0.15) is 5.75 Å². The molecule has 1 amide bonds. The monoisotopic (exact) mass is 397 g/mol. The molecule has 1 fully saturated rings. The van der Waals surface area contributed by atoms with Crippen LogP contribution in [-0.4, -0.2) is 34.5 Å². The first-order chi connectivity index (χ1) is 13.0. The summed E-state index contributed by atoms with van der Waals surface area (Å²) in [6, 6.07) is 6.14. The maximum atomic E-state index is 12.2. The van der Waals surface area contributed by atoms with E-state index < -0.39 is 6.61 Å². The lowest BCUT2D eigenvalue weighted by molar-refractivity contribution is -0.119. The van der Waals surface area contributed by atoms with Gasteiger partial charge in [0.15, 0.2) is 0 Å². The van der Waals surface area contributed by atoms with E-state index in [1.165, 1.54) is 30.3 Å². The summed E-state index contributed by atoms with van der Waals surface area (Å²) in [7, 11) is 0. The Hall–Kier alpha value is -2.16. The number of carbonyl (C=O) groups is 1. The van der Waals surface area contributed by atoms with Gasteiger partial charge in [0.05, 0.1) is 5.75 Å². The van der Waals surface area contributed by atoms with Crippen LogP contribution in [0, 0.1) is 5.92 Å². The molecule has 0 aliphatic heterocycles. The normalized spacial score (nSPS) is 19.9. The predicted molar refractivity (Wildman–Crippen MR) is 96.7 cm³/mol. The van der Waals surface area contributed by atoms with Crippen LogP contribution in [0.3, 0.4) is 0 Å². The Balaban J connectivity index is 1.51. The maximum absolute atomic E-state index is 12.2. The van der Waals surface area contributed by atoms with Crippen LogP contribution in [0.5, 0.6) is 5.75 Å². The molecule has 1 saturated carbocycles. The molecule has 0 unspecified atom stereocenters. The zero-order chi connectivity index (χ0) is 19.2. The molecule has 1 heterocycles. The summed E-state index contributed by atoms with van der Waals surface area (Å²) >= 11 is 1.17. The standard InChI is InChI=1S/C18H21F2N3O3S/c1-11-4-2-3-5-14(11)21-15(24)10-27-18-23-22-16(26-18)12-6-8-13(9-7-12)25-17(19)20/h6-9,11,14,17H,2-5,10H2,1H3,(H,21,24)/t11-,14+/m0/s1. The lowest BCUT2D eigenvalue weighted by Crippen LogP contribution is -2.41. The Morgan fingerprint density at radius 2 is 2.04 bits per heavy atom. The Kier molecular flexibility index (Phi) is 6.65.